The van der Waals surface area contributed by atoms with Gasteiger partial charge in [-0.15, -0.1) is 24.0 Å². The molecule has 0 saturated carbocycles. The summed E-state index contributed by atoms with van der Waals surface area (Å²) in [7, 11) is 6.03. The summed E-state index contributed by atoms with van der Waals surface area (Å²) in [6.07, 6.45) is 2.39. The summed E-state index contributed by atoms with van der Waals surface area (Å²) < 4.78 is 0. The first kappa shape index (κ1) is 20.3. The van der Waals surface area contributed by atoms with Crippen molar-refractivity contribution in [3.63, 3.8) is 0 Å². The lowest BCUT2D eigenvalue weighted by atomic mass is 9.93. The molecule has 0 heterocycles. The number of halogens is 1. The molecule has 0 atom stereocenters. The van der Waals surface area contributed by atoms with Crippen LogP contribution in [0.5, 0.6) is 0 Å². The highest BCUT2D eigenvalue weighted by Gasteiger charge is 2.18. The fraction of sp³-hybridized carbons (Fsp3) is 0.923. The van der Waals surface area contributed by atoms with Crippen molar-refractivity contribution in [2.75, 3.05) is 40.8 Å². The molecular weight excluding hydrogens is 339 g/mol. The van der Waals surface area contributed by atoms with E-state index in [4.69, 9.17) is 0 Å². The molecule has 0 bridgehead atoms. The molecule has 0 aliphatic rings. The molecule has 0 saturated heterocycles. The van der Waals surface area contributed by atoms with E-state index in [1.54, 1.807) is 0 Å². The normalized spacial score (nSPS) is 12.3. The van der Waals surface area contributed by atoms with Crippen molar-refractivity contribution in [2.45, 2.75) is 33.6 Å². The highest BCUT2D eigenvalue weighted by atomic mass is 127. The van der Waals surface area contributed by atoms with Crippen LogP contribution in [0.4, 0.5) is 0 Å². The molecule has 0 aromatic heterocycles. The zero-order valence-electron chi connectivity index (χ0n) is 12.8. The first-order valence-corrected chi connectivity index (χ1v) is 6.50. The second-order valence-electron chi connectivity index (χ2n) is 5.61. The van der Waals surface area contributed by atoms with Crippen molar-refractivity contribution in [1.82, 2.24) is 15.5 Å². The number of nitrogens with zero attached hydrogens (tertiary/aromatic N) is 2. The lowest BCUT2D eigenvalue weighted by molar-refractivity contribution is 0.241. The number of guanidine groups is 1. The Hall–Kier alpha value is -0.0400. The van der Waals surface area contributed by atoms with Crippen LogP contribution in [0.1, 0.15) is 33.6 Å². The van der Waals surface area contributed by atoms with Crippen LogP contribution in [0.15, 0.2) is 4.99 Å². The van der Waals surface area contributed by atoms with E-state index < -0.39 is 0 Å². The van der Waals surface area contributed by atoms with Crippen LogP contribution in [-0.2, 0) is 0 Å². The summed E-state index contributed by atoms with van der Waals surface area (Å²) in [5.74, 6) is 0.908. The Labute approximate surface area is 130 Å². The lowest BCUT2D eigenvalue weighted by Crippen LogP contribution is -2.45. The van der Waals surface area contributed by atoms with Crippen LogP contribution in [0.2, 0.25) is 0 Å². The SMILES string of the molecule is CCCCNC(=NC)NCC(C)(C)CN(C)C.I. The van der Waals surface area contributed by atoms with Gasteiger partial charge in [0.15, 0.2) is 5.96 Å². The number of hydrogen-bond acceptors (Lipinski definition) is 2. The third-order valence-electron chi connectivity index (χ3n) is 2.53. The minimum atomic E-state index is 0. The second kappa shape index (κ2) is 10.8. The smallest absolute Gasteiger partial charge is 0.190 e. The lowest BCUT2D eigenvalue weighted by Gasteiger charge is -2.29. The Morgan fingerprint density at radius 2 is 1.83 bits per heavy atom. The number of nitrogens with one attached hydrogen (secondary N) is 2. The summed E-state index contributed by atoms with van der Waals surface area (Å²) in [6, 6.07) is 0. The number of unbranched alkanes of at least 4 members (excludes halogenated alkanes) is 1. The van der Waals surface area contributed by atoms with Crippen LogP contribution in [0.25, 0.3) is 0 Å². The summed E-state index contributed by atoms with van der Waals surface area (Å²) in [5, 5.41) is 6.71. The predicted molar refractivity (Wildman–Crippen MR) is 92.0 cm³/mol. The maximum atomic E-state index is 4.22. The van der Waals surface area contributed by atoms with E-state index in [1.165, 1.54) is 12.8 Å². The summed E-state index contributed by atoms with van der Waals surface area (Å²) in [6.45, 7) is 9.70. The molecule has 0 amide bonds. The molecule has 110 valence electrons. The fourth-order valence-electron chi connectivity index (χ4n) is 1.84. The van der Waals surface area contributed by atoms with Crippen molar-refractivity contribution < 1.29 is 0 Å². The highest BCUT2D eigenvalue weighted by Crippen LogP contribution is 2.13. The predicted octanol–water partition coefficient (Wildman–Crippen LogP) is 2.16. The van der Waals surface area contributed by atoms with Gasteiger partial charge >= 0.3 is 0 Å². The molecule has 0 aliphatic heterocycles. The van der Waals surface area contributed by atoms with Gasteiger partial charge in [0.25, 0.3) is 0 Å². The number of hydrogen-bond donors (Lipinski definition) is 2. The van der Waals surface area contributed by atoms with Crippen molar-refractivity contribution in [3.05, 3.63) is 0 Å². The van der Waals surface area contributed by atoms with Crippen LogP contribution >= 0.6 is 24.0 Å². The number of aliphatic imine (C=N–C) groups is 1. The Morgan fingerprint density at radius 1 is 1.22 bits per heavy atom. The van der Waals surface area contributed by atoms with Crippen molar-refractivity contribution in [2.24, 2.45) is 10.4 Å². The van der Waals surface area contributed by atoms with Gasteiger partial charge in [-0.05, 0) is 25.9 Å². The quantitative estimate of drug-likeness (QED) is 0.312. The zero-order valence-corrected chi connectivity index (χ0v) is 15.2. The van der Waals surface area contributed by atoms with E-state index in [0.29, 0.717) is 0 Å². The van der Waals surface area contributed by atoms with Gasteiger partial charge in [0.1, 0.15) is 0 Å². The van der Waals surface area contributed by atoms with Gasteiger partial charge in [-0.1, -0.05) is 27.2 Å². The third kappa shape index (κ3) is 11.1. The van der Waals surface area contributed by atoms with Gasteiger partial charge in [0.2, 0.25) is 0 Å². The molecular formula is C13H31IN4. The molecule has 0 unspecified atom stereocenters. The van der Waals surface area contributed by atoms with Gasteiger partial charge in [-0.3, -0.25) is 4.99 Å². The Balaban J connectivity index is 0. The topological polar surface area (TPSA) is 39.7 Å². The van der Waals surface area contributed by atoms with Gasteiger partial charge in [0, 0.05) is 26.7 Å². The maximum absolute atomic E-state index is 4.22. The molecule has 0 radical (unpaired) electrons. The van der Waals surface area contributed by atoms with E-state index in [1.807, 2.05) is 7.05 Å². The Bertz CT molecular complexity index is 227. The molecule has 0 aliphatic carbocycles. The molecule has 5 heteroatoms. The molecule has 0 aromatic carbocycles. The first-order valence-electron chi connectivity index (χ1n) is 6.50. The van der Waals surface area contributed by atoms with Gasteiger partial charge < -0.3 is 15.5 Å². The van der Waals surface area contributed by atoms with Crippen molar-refractivity contribution in [3.8, 4) is 0 Å². The van der Waals surface area contributed by atoms with Gasteiger partial charge in [0.05, 0.1) is 0 Å². The summed E-state index contributed by atoms with van der Waals surface area (Å²) >= 11 is 0. The minimum Gasteiger partial charge on any atom is -0.356 e. The summed E-state index contributed by atoms with van der Waals surface area (Å²) in [5.41, 5.74) is 0.242. The number of rotatable bonds is 7. The van der Waals surface area contributed by atoms with E-state index in [2.05, 4.69) is 55.4 Å². The van der Waals surface area contributed by atoms with Crippen molar-refractivity contribution >= 4 is 29.9 Å². The Kier molecular flexibility index (Phi) is 12.2. The highest BCUT2D eigenvalue weighted by molar-refractivity contribution is 14.0. The first-order chi connectivity index (χ1) is 7.91. The van der Waals surface area contributed by atoms with E-state index >= 15 is 0 Å². The minimum absolute atomic E-state index is 0. The molecule has 0 rings (SSSR count). The molecule has 4 nitrogen and oxygen atoms in total. The average molecular weight is 370 g/mol. The third-order valence-corrected chi connectivity index (χ3v) is 2.53. The Morgan fingerprint density at radius 3 is 2.28 bits per heavy atom. The van der Waals surface area contributed by atoms with Gasteiger partial charge in [-0.2, -0.15) is 0 Å². The molecule has 0 spiro atoms. The fourth-order valence-corrected chi connectivity index (χ4v) is 1.84. The van der Waals surface area contributed by atoms with E-state index in [0.717, 1.165) is 25.6 Å². The summed E-state index contributed by atoms with van der Waals surface area (Å²) in [4.78, 5) is 6.44. The van der Waals surface area contributed by atoms with Crippen LogP contribution in [-0.4, -0.2) is 51.6 Å². The monoisotopic (exact) mass is 370 g/mol. The van der Waals surface area contributed by atoms with Crippen LogP contribution in [0, 0.1) is 5.41 Å². The van der Waals surface area contributed by atoms with E-state index in [-0.39, 0.29) is 29.4 Å². The average Bonchev–Trinajstić information content (AvgIpc) is 2.21. The van der Waals surface area contributed by atoms with E-state index in [9.17, 15) is 0 Å². The van der Waals surface area contributed by atoms with Gasteiger partial charge in [-0.25, -0.2) is 0 Å². The molecule has 0 fully saturated rings. The zero-order chi connectivity index (χ0) is 13.3. The molecule has 0 aromatic rings. The standard InChI is InChI=1S/C13H30N4.HI/c1-7-8-9-15-12(14-4)16-10-13(2,3)11-17(5)6;/h7-11H2,1-6H3,(H2,14,15,16);1H. The maximum Gasteiger partial charge on any atom is 0.190 e. The molecule has 2 N–H and O–H groups in total. The molecule has 18 heavy (non-hydrogen) atoms. The van der Waals surface area contributed by atoms with Crippen LogP contribution < -0.4 is 10.6 Å². The second-order valence-corrected chi connectivity index (χ2v) is 5.61. The largest absolute Gasteiger partial charge is 0.356 e. The van der Waals surface area contributed by atoms with Crippen molar-refractivity contribution in [1.29, 1.82) is 0 Å². The van der Waals surface area contributed by atoms with Crippen LogP contribution in [0.3, 0.4) is 0 Å².